The maximum Gasteiger partial charge on any atom is 0.0532 e. The molecule has 2 nitrogen and oxygen atoms in total. The van der Waals surface area contributed by atoms with E-state index < -0.39 is 0 Å². The van der Waals surface area contributed by atoms with E-state index in [0.717, 1.165) is 12.0 Å². The normalized spacial score (nSPS) is 12.5. The van der Waals surface area contributed by atoms with Crippen LogP contribution >= 0.6 is 0 Å². The zero-order chi connectivity index (χ0) is 10.6. The lowest BCUT2D eigenvalue weighted by molar-refractivity contribution is 0.671. The van der Waals surface area contributed by atoms with Crippen molar-refractivity contribution in [3.8, 4) is 0 Å². The standard InChI is InChI=1S/C12H18N2/c1-5-10-8-14-7-6-11(10)12(13-4)9(2)3/h6-8,12-13H,2,5H2,1,3-4H3. The van der Waals surface area contributed by atoms with E-state index in [2.05, 4.69) is 29.9 Å². The summed E-state index contributed by atoms with van der Waals surface area (Å²) in [5.74, 6) is 0. The van der Waals surface area contributed by atoms with E-state index in [9.17, 15) is 0 Å². The number of hydrogen-bond donors (Lipinski definition) is 1. The predicted molar refractivity (Wildman–Crippen MR) is 60.2 cm³/mol. The van der Waals surface area contributed by atoms with Crippen molar-refractivity contribution in [3.05, 3.63) is 41.7 Å². The highest BCUT2D eigenvalue weighted by Crippen LogP contribution is 2.22. The third-order valence-corrected chi connectivity index (χ3v) is 2.41. The molecule has 0 aliphatic heterocycles. The Morgan fingerprint density at radius 2 is 2.36 bits per heavy atom. The average molecular weight is 190 g/mol. The van der Waals surface area contributed by atoms with E-state index in [1.54, 1.807) is 0 Å². The van der Waals surface area contributed by atoms with E-state index >= 15 is 0 Å². The molecule has 0 saturated carbocycles. The molecule has 0 fully saturated rings. The van der Waals surface area contributed by atoms with Gasteiger partial charge in [0.05, 0.1) is 6.04 Å². The fraction of sp³-hybridized carbons (Fsp3) is 0.417. The molecule has 0 bridgehead atoms. The number of hydrogen-bond acceptors (Lipinski definition) is 2. The molecule has 0 spiro atoms. The van der Waals surface area contributed by atoms with Crippen LogP contribution in [0, 0.1) is 0 Å². The van der Waals surface area contributed by atoms with Gasteiger partial charge < -0.3 is 5.32 Å². The molecule has 1 unspecified atom stereocenters. The number of likely N-dealkylation sites (N-methyl/N-ethyl adjacent to an activating group) is 1. The fourth-order valence-corrected chi connectivity index (χ4v) is 1.68. The summed E-state index contributed by atoms with van der Waals surface area (Å²) in [5, 5.41) is 3.27. The van der Waals surface area contributed by atoms with Gasteiger partial charge in [0, 0.05) is 12.4 Å². The first kappa shape index (κ1) is 10.9. The van der Waals surface area contributed by atoms with Crippen LogP contribution in [0.3, 0.4) is 0 Å². The molecular formula is C12H18N2. The minimum atomic E-state index is 0.243. The first-order chi connectivity index (χ1) is 6.70. The van der Waals surface area contributed by atoms with E-state index in [4.69, 9.17) is 0 Å². The number of nitrogens with one attached hydrogen (secondary N) is 1. The Labute approximate surface area is 86.1 Å². The molecular weight excluding hydrogens is 172 g/mol. The molecule has 2 heteroatoms. The molecule has 14 heavy (non-hydrogen) atoms. The van der Waals surface area contributed by atoms with Gasteiger partial charge in [-0.05, 0) is 37.6 Å². The molecule has 1 heterocycles. The largest absolute Gasteiger partial charge is 0.310 e. The van der Waals surface area contributed by atoms with Gasteiger partial charge in [-0.2, -0.15) is 0 Å². The third kappa shape index (κ3) is 2.20. The monoisotopic (exact) mass is 190 g/mol. The van der Waals surface area contributed by atoms with Gasteiger partial charge in [0.1, 0.15) is 0 Å². The first-order valence-corrected chi connectivity index (χ1v) is 4.96. The summed E-state index contributed by atoms with van der Waals surface area (Å²) in [5.41, 5.74) is 3.71. The number of nitrogens with zero attached hydrogens (tertiary/aromatic N) is 1. The van der Waals surface area contributed by atoms with Gasteiger partial charge in [-0.1, -0.05) is 19.1 Å². The van der Waals surface area contributed by atoms with E-state index in [-0.39, 0.29) is 6.04 Å². The van der Waals surface area contributed by atoms with Crippen molar-refractivity contribution in [2.75, 3.05) is 7.05 Å². The molecule has 1 aromatic rings. The van der Waals surface area contributed by atoms with Crippen molar-refractivity contribution < 1.29 is 0 Å². The van der Waals surface area contributed by atoms with Crippen LogP contribution in [0.4, 0.5) is 0 Å². The van der Waals surface area contributed by atoms with Crippen LogP contribution < -0.4 is 5.32 Å². The molecule has 0 aliphatic carbocycles. The third-order valence-electron chi connectivity index (χ3n) is 2.41. The van der Waals surface area contributed by atoms with Gasteiger partial charge in [0.15, 0.2) is 0 Å². The predicted octanol–water partition coefficient (Wildman–Crippen LogP) is 2.48. The summed E-state index contributed by atoms with van der Waals surface area (Å²) in [4.78, 5) is 4.13. The quantitative estimate of drug-likeness (QED) is 0.738. The number of pyridine rings is 1. The Morgan fingerprint density at radius 1 is 1.64 bits per heavy atom. The zero-order valence-corrected chi connectivity index (χ0v) is 9.17. The second kappa shape index (κ2) is 4.91. The fourth-order valence-electron chi connectivity index (χ4n) is 1.68. The second-order valence-electron chi connectivity index (χ2n) is 3.50. The number of aromatic nitrogens is 1. The van der Waals surface area contributed by atoms with Crippen molar-refractivity contribution >= 4 is 0 Å². The summed E-state index contributed by atoms with van der Waals surface area (Å²) in [6.45, 7) is 8.18. The summed E-state index contributed by atoms with van der Waals surface area (Å²) < 4.78 is 0. The van der Waals surface area contributed by atoms with E-state index in [1.807, 2.05) is 26.4 Å². The van der Waals surface area contributed by atoms with Gasteiger partial charge in [-0.15, -0.1) is 0 Å². The first-order valence-electron chi connectivity index (χ1n) is 4.96. The molecule has 0 aliphatic rings. The zero-order valence-electron chi connectivity index (χ0n) is 9.17. The van der Waals surface area contributed by atoms with Crippen LogP contribution in [0.5, 0.6) is 0 Å². The van der Waals surface area contributed by atoms with Crippen LogP contribution in [0.25, 0.3) is 0 Å². The number of rotatable bonds is 4. The summed E-state index contributed by atoms with van der Waals surface area (Å²) in [6, 6.07) is 2.31. The lowest BCUT2D eigenvalue weighted by Crippen LogP contribution is -2.18. The molecule has 1 N–H and O–H groups in total. The summed E-state index contributed by atoms with van der Waals surface area (Å²) in [7, 11) is 1.96. The summed E-state index contributed by atoms with van der Waals surface area (Å²) >= 11 is 0. The topological polar surface area (TPSA) is 24.9 Å². The summed E-state index contributed by atoms with van der Waals surface area (Å²) in [6.07, 6.45) is 4.78. The van der Waals surface area contributed by atoms with Crippen LogP contribution in [0.1, 0.15) is 31.0 Å². The Bertz CT molecular complexity index is 318. The highest BCUT2D eigenvalue weighted by molar-refractivity contribution is 5.31. The molecule has 0 aromatic carbocycles. The van der Waals surface area contributed by atoms with E-state index in [1.165, 1.54) is 11.1 Å². The molecule has 1 atom stereocenters. The van der Waals surface area contributed by atoms with Crippen LogP contribution in [0.2, 0.25) is 0 Å². The van der Waals surface area contributed by atoms with Crippen molar-refractivity contribution in [1.29, 1.82) is 0 Å². The van der Waals surface area contributed by atoms with Crippen molar-refractivity contribution in [2.24, 2.45) is 0 Å². The van der Waals surface area contributed by atoms with Gasteiger partial charge in [0.25, 0.3) is 0 Å². The van der Waals surface area contributed by atoms with Crippen LogP contribution in [-0.4, -0.2) is 12.0 Å². The van der Waals surface area contributed by atoms with Crippen LogP contribution in [-0.2, 0) is 6.42 Å². The maximum absolute atomic E-state index is 4.13. The Hall–Kier alpha value is -1.15. The lowest BCUT2D eigenvalue weighted by atomic mass is 9.96. The Kier molecular flexibility index (Phi) is 3.84. The van der Waals surface area contributed by atoms with Crippen molar-refractivity contribution in [3.63, 3.8) is 0 Å². The highest BCUT2D eigenvalue weighted by Gasteiger charge is 2.12. The van der Waals surface area contributed by atoms with Crippen molar-refractivity contribution in [2.45, 2.75) is 26.3 Å². The Balaban J connectivity index is 3.08. The minimum absolute atomic E-state index is 0.243. The van der Waals surface area contributed by atoms with Crippen molar-refractivity contribution in [1.82, 2.24) is 10.3 Å². The van der Waals surface area contributed by atoms with Gasteiger partial charge in [-0.25, -0.2) is 0 Å². The molecule has 0 saturated heterocycles. The molecule has 1 rings (SSSR count). The average Bonchev–Trinajstić information content (AvgIpc) is 2.19. The van der Waals surface area contributed by atoms with Gasteiger partial charge in [0.2, 0.25) is 0 Å². The van der Waals surface area contributed by atoms with Crippen LogP contribution in [0.15, 0.2) is 30.6 Å². The smallest absolute Gasteiger partial charge is 0.0532 e. The Morgan fingerprint density at radius 3 is 2.86 bits per heavy atom. The molecule has 76 valence electrons. The highest BCUT2D eigenvalue weighted by atomic mass is 14.9. The second-order valence-corrected chi connectivity index (χ2v) is 3.50. The molecule has 0 amide bonds. The minimum Gasteiger partial charge on any atom is -0.310 e. The maximum atomic E-state index is 4.13. The van der Waals surface area contributed by atoms with Gasteiger partial charge >= 0.3 is 0 Å². The van der Waals surface area contributed by atoms with E-state index in [0.29, 0.717) is 0 Å². The lowest BCUT2D eigenvalue weighted by Gasteiger charge is -2.19. The van der Waals surface area contributed by atoms with Gasteiger partial charge in [-0.3, -0.25) is 4.98 Å². The molecule has 0 radical (unpaired) electrons. The number of aryl methyl sites for hydroxylation is 1. The SMILES string of the molecule is C=C(C)C(NC)c1ccncc1CC. The molecule has 1 aromatic heterocycles.